The Morgan fingerprint density at radius 2 is 2.06 bits per heavy atom. The lowest BCUT2D eigenvalue weighted by atomic mass is 9.96. The molecule has 4 rings (SSSR count). The number of fused-ring (bicyclic) bond motifs is 3. The lowest BCUT2D eigenvalue weighted by Gasteiger charge is -2.34. The number of carbonyl (C=O) groups excluding carboxylic acids is 2. The van der Waals surface area contributed by atoms with Crippen molar-refractivity contribution in [2.45, 2.75) is 71.6 Å². The van der Waals surface area contributed by atoms with Crippen LogP contribution in [0.3, 0.4) is 0 Å². The van der Waals surface area contributed by atoms with Gasteiger partial charge in [0.2, 0.25) is 5.91 Å². The molecule has 9 heteroatoms. The molecule has 186 valence electrons. The predicted molar refractivity (Wildman–Crippen MR) is 135 cm³/mol. The zero-order valence-corrected chi connectivity index (χ0v) is 20.8. The normalized spacial score (nSPS) is 16.1. The molecule has 0 spiro atoms. The van der Waals surface area contributed by atoms with E-state index in [0.717, 1.165) is 47.4 Å². The number of rotatable bonds is 7. The van der Waals surface area contributed by atoms with Gasteiger partial charge in [0.1, 0.15) is 12.4 Å². The highest BCUT2D eigenvalue weighted by Crippen LogP contribution is 2.36. The van der Waals surface area contributed by atoms with Crippen molar-refractivity contribution in [1.29, 1.82) is 0 Å². The molecule has 2 amide bonds. The van der Waals surface area contributed by atoms with Gasteiger partial charge in [-0.25, -0.2) is 9.78 Å². The number of hydrogen-bond donors (Lipinski definition) is 1. The maximum absolute atomic E-state index is 12.8. The number of aromatic nitrogens is 3. The summed E-state index contributed by atoms with van der Waals surface area (Å²) in [4.78, 5) is 44.2. The number of methoxy groups -OCH3 is 1. The van der Waals surface area contributed by atoms with Gasteiger partial charge in [0.05, 0.1) is 23.8 Å². The second kappa shape index (κ2) is 10.3. The predicted octanol–water partition coefficient (Wildman–Crippen LogP) is 3.26. The number of carbonyl (C=O) groups is 2. The van der Waals surface area contributed by atoms with Crippen LogP contribution in [0.4, 0.5) is 10.5 Å². The number of pyridine rings is 1. The monoisotopic (exact) mass is 479 g/mol. The second-order valence-electron chi connectivity index (χ2n) is 9.13. The van der Waals surface area contributed by atoms with Gasteiger partial charge in [-0.2, -0.15) is 0 Å². The summed E-state index contributed by atoms with van der Waals surface area (Å²) in [5.74, 6) is 0.644. The van der Waals surface area contributed by atoms with E-state index < -0.39 is 6.09 Å². The number of benzene rings is 1. The first-order valence-corrected chi connectivity index (χ1v) is 12.2. The standard InChI is InChI=1S/C26H33N5O4/c1-5-17(2)27-23(32)16-30-21-12-11-20-19(10-9-18(3)31(20)26(34)35-4)25(21)28-22(30)13-15-29-14-7-6-8-24(29)33/h6-8,11-12,14,17-18H,5,9-10,13,15-16H2,1-4H3,(H,27,32)/t17-,18+/m1/s1. The third-order valence-electron chi connectivity index (χ3n) is 6.76. The first-order valence-electron chi connectivity index (χ1n) is 12.2. The van der Waals surface area contributed by atoms with Crippen LogP contribution in [-0.2, 0) is 35.5 Å². The fraction of sp³-hybridized carbons (Fsp3) is 0.462. The van der Waals surface area contributed by atoms with Crippen molar-refractivity contribution >= 4 is 28.7 Å². The molecule has 3 heterocycles. The van der Waals surface area contributed by atoms with E-state index in [1.54, 1.807) is 21.7 Å². The number of hydrogen-bond acceptors (Lipinski definition) is 5. The SMILES string of the molecule is CC[C@@H](C)NC(=O)Cn1c(CCn2ccccc2=O)nc2c3c(ccc21)N(C(=O)OC)[C@@H](C)CC3. The van der Waals surface area contributed by atoms with Crippen LogP contribution >= 0.6 is 0 Å². The third-order valence-corrected chi connectivity index (χ3v) is 6.76. The highest BCUT2D eigenvalue weighted by molar-refractivity contribution is 5.95. The summed E-state index contributed by atoms with van der Waals surface area (Å²) in [7, 11) is 1.39. The molecule has 1 aliphatic heterocycles. The van der Waals surface area contributed by atoms with Gasteiger partial charge in [-0.05, 0) is 51.3 Å². The van der Waals surface area contributed by atoms with Gasteiger partial charge in [-0.15, -0.1) is 0 Å². The smallest absolute Gasteiger partial charge is 0.414 e. The summed E-state index contributed by atoms with van der Waals surface area (Å²) in [6.45, 7) is 6.59. The molecule has 0 radical (unpaired) electrons. The Morgan fingerprint density at radius 3 is 2.77 bits per heavy atom. The summed E-state index contributed by atoms with van der Waals surface area (Å²) < 4.78 is 8.60. The lowest BCUT2D eigenvalue weighted by molar-refractivity contribution is -0.122. The van der Waals surface area contributed by atoms with E-state index in [2.05, 4.69) is 5.32 Å². The van der Waals surface area contributed by atoms with Crippen molar-refractivity contribution < 1.29 is 14.3 Å². The Bertz CT molecular complexity index is 1290. The summed E-state index contributed by atoms with van der Waals surface area (Å²) in [5.41, 5.74) is 3.32. The molecule has 1 N–H and O–H groups in total. The molecule has 0 saturated heterocycles. The van der Waals surface area contributed by atoms with Crippen molar-refractivity contribution in [1.82, 2.24) is 19.4 Å². The summed E-state index contributed by atoms with van der Waals surface area (Å²) >= 11 is 0. The average Bonchev–Trinajstić information content (AvgIpc) is 3.20. The van der Waals surface area contributed by atoms with Gasteiger partial charge in [0, 0.05) is 42.9 Å². The minimum absolute atomic E-state index is 0.0141. The van der Waals surface area contributed by atoms with Crippen molar-refractivity contribution in [3.8, 4) is 0 Å². The van der Waals surface area contributed by atoms with Gasteiger partial charge in [-0.1, -0.05) is 13.0 Å². The van der Waals surface area contributed by atoms with Gasteiger partial charge < -0.3 is 19.2 Å². The summed E-state index contributed by atoms with van der Waals surface area (Å²) in [6.07, 6.45) is 4.25. The molecule has 2 atom stereocenters. The van der Waals surface area contributed by atoms with Crippen LogP contribution in [0.5, 0.6) is 0 Å². The van der Waals surface area contributed by atoms with Gasteiger partial charge in [0.25, 0.3) is 5.56 Å². The molecule has 3 aromatic rings. The Balaban J connectivity index is 1.77. The number of amides is 2. The number of anilines is 1. The Morgan fingerprint density at radius 1 is 1.26 bits per heavy atom. The van der Waals surface area contributed by atoms with Crippen molar-refractivity contribution in [2.75, 3.05) is 12.0 Å². The largest absolute Gasteiger partial charge is 0.452 e. The molecular formula is C26H33N5O4. The number of ether oxygens (including phenoxy) is 1. The van der Waals surface area contributed by atoms with Crippen LogP contribution in [0.15, 0.2) is 41.3 Å². The molecule has 0 aliphatic carbocycles. The number of imidazole rings is 1. The van der Waals surface area contributed by atoms with Crippen molar-refractivity contribution in [2.24, 2.45) is 0 Å². The van der Waals surface area contributed by atoms with Crippen LogP contribution in [0, 0.1) is 0 Å². The molecule has 0 fully saturated rings. The molecule has 0 saturated carbocycles. The first-order chi connectivity index (χ1) is 16.8. The van der Waals surface area contributed by atoms with Gasteiger partial charge in [0.15, 0.2) is 0 Å². The maximum atomic E-state index is 12.8. The van der Waals surface area contributed by atoms with Crippen molar-refractivity contribution in [3.63, 3.8) is 0 Å². The van der Waals surface area contributed by atoms with E-state index in [0.29, 0.717) is 13.0 Å². The summed E-state index contributed by atoms with van der Waals surface area (Å²) in [6, 6.07) is 8.99. The van der Waals surface area contributed by atoms with E-state index in [1.165, 1.54) is 13.2 Å². The third kappa shape index (κ3) is 4.94. The van der Waals surface area contributed by atoms with Crippen LogP contribution < -0.4 is 15.8 Å². The second-order valence-corrected chi connectivity index (χ2v) is 9.13. The van der Waals surface area contributed by atoms with Crippen LogP contribution in [-0.4, -0.2) is 45.3 Å². The van der Waals surface area contributed by atoms with E-state index >= 15 is 0 Å². The fourth-order valence-electron chi connectivity index (χ4n) is 4.65. The Kier molecular flexibility index (Phi) is 7.23. The van der Waals surface area contributed by atoms with E-state index in [9.17, 15) is 14.4 Å². The zero-order valence-electron chi connectivity index (χ0n) is 20.8. The molecule has 1 aliphatic rings. The minimum atomic E-state index is -0.395. The Hall–Kier alpha value is -3.62. The average molecular weight is 480 g/mol. The minimum Gasteiger partial charge on any atom is -0.452 e. The quantitative estimate of drug-likeness (QED) is 0.561. The first kappa shape index (κ1) is 24.5. The van der Waals surface area contributed by atoms with Crippen LogP contribution in [0.1, 0.15) is 45.0 Å². The molecule has 2 aromatic heterocycles. The van der Waals surface area contributed by atoms with E-state index in [1.807, 2.05) is 43.5 Å². The number of nitrogens with zero attached hydrogens (tertiary/aromatic N) is 4. The molecule has 9 nitrogen and oxygen atoms in total. The van der Waals surface area contributed by atoms with Gasteiger partial charge >= 0.3 is 6.09 Å². The van der Waals surface area contributed by atoms with Crippen molar-refractivity contribution in [3.05, 3.63) is 58.3 Å². The molecular weight excluding hydrogens is 446 g/mol. The van der Waals surface area contributed by atoms with Crippen LogP contribution in [0.2, 0.25) is 0 Å². The maximum Gasteiger partial charge on any atom is 0.414 e. The van der Waals surface area contributed by atoms with Crippen LogP contribution in [0.25, 0.3) is 11.0 Å². The van der Waals surface area contributed by atoms with Gasteiger partial charge in [-0.3, -0.25) is 14.5 Å². The number of aryl methyl sites for hydroxylation is 3. The molecule has 1 aromatic carbocycles. The number of nitrogens with one attached hydrogen (secondary N) is 1. The molecule has 35 heavy (non-hydrogen) atoms. The molecule has 0 unspecified atom stereocenters. The highest BCUT2D eigenvalue weighted by Gasteiger charge is 2.31. The zero-order chi connectivity index (χ0) is 25.1. The van der Waals surface area contributed by atoms with E-state index in [-0.39, 0.29) is 30.1 Å². The highest BCUT2D eigenvalue weighted by atomic mass is 16.5. The fourth-order valence-corrected chi connectivity index (χ4v) is 4.65. The molecule has 0 bridgehead atoms. The lowest BCUT2D eigenvalue weighted by Crippen LogP contribution is -2.42. The summed E-state index contributed by atoms with van der Waals surface area (Å²) in [5, 5.41) is 3.03. The van der Waals surface area contributed by atoms with E-state index in [4.69, 9.17) is 9.72 Å². The Labute approximate surface area is 204 Å². The topological polar surface area (TPSA) is 98.5 Å².